The van der Waals surface area contributed by atoms with Gasteiger partial charge in [-0.1, -0.05) is 0 Å². The minimum atomic E-state index is -0.615. The van der Waals surface area contributed by atoms with Crippen molar-refractivity contribution < 1.29 is 14.0 Å². The van der Waals surface area contributed by atoms with E-state index in [1.165, 1.54) is 12.1 Å². The number of nitrogens with zero attached hydrogens (tertiary/aromatic N) is 1. The van der Waals surface area contributed by atoms with E-state index in [2.05, 4.69) is 5.32 Å². The summed E-state index contributed by atoms with van der Waals surface area (Å²) in [5.74, 6) is 3.84. The van der Waals surface area contributed by atoms with Gasteiger partial charge in [-0.25, -0.2) is 15.2 Å². The van der Waals surface area contributed by atoms with Crippen LogP contribution < -0.4 is 11.2 Å². The number of imide groups is 1. The molecular formula is C13H17ClFN3O2. The maximum atomic E-state index is 12.8. The fourth-order valence-electron chi connectivity index (χ4n) is 2.09. The van der Waals surface area contributed by atoms with Gasteiger partial charge in [0.2, 0.25) is 5.91 Å². The molecule has 1 aromatic rings. The number of carbonyl (C=O) groups excluding carboxylic acids is 2. The lowest BCUT2D eigenvalue weighted by molar-refractivity contribution is -0.133. The van der Waals surface area contributed by atoms with Crippen molar-refractivity contribution in [3.63, 3.8) is 0 Å². The zero-order valence-corrected chi connectivity index (χ0v) is 11.7. The molecule has 0 radical (unpaired) electrons. The number of hydrogen-bond acceptors (Lipinski definition) is 4. The zero-order valence-electron chi connectivity index (χ0n) is 10.8. The van der Waals surface area contributed by atoms with E-state index in [-0.39, 0.29) is 23.9 Å². The van der Waals surface area contributed by atoms with E-state index < -0.39 is 17.6 Å². The smallest absolute Gasteiger partial charge is 0.274 e. The molecule has 1 fully saturated rings. The normalized spacial score (nSPS) is 18.0. The molecule has 20 heavy (non-hydrogen) atoms. The summed E-state index contributed by atoms with van der Waals surface area (Å²) in [6.07, 6.45) is 1.60. The molecule has 0 saturated carbocycles. The molecule has 7 heteroatoms. The van der Waals surface area contributed by atoms with E-state index in [0.29, 0.717) is 11.6 Å². The van der Waals surface area contributed by atoms with Gasteiger partial charge in [0.1, 0.15) is 5.82 Å². The third-order valence-electron chi connectivity index (χ3n) is 3.19. The van der Waals surface area contributed by atoms with Crippen LogP contribution in [0.2, 0.25) is 0 Å². The third-order valence-corrected chi connectivity index (χ3v) is 3.19. The summed E-state index contributed by atoms with van der Waals surface area (Å²) in [6.45, 7) is 1.41. The van der Waals surface area contributed by atoms with Crippen molar-refractivity contribution in [1.82, 2.24) is 10.3 Å². The fourth-order valence-corrected chi connectivity index (χ4v) is 2.09. The van der Waals surface area contributed by atoms with Crippen LogP contribution in [0.25, 0.3) is 0 Å². The average Bonchev–Trinajstić information content (AvgIpc) is 2.46. The second-order valence-corrected chi connectivity index (χ2v) is 4.56. The lowest BCUT2D eigenvalue weighted by atomic mass is 9.98. The lowest BCUT2D eigenvalue weighted by Crippen LogP contribution is -2.49. The molecule has 1 unspecified atom stereocenters. The standard InChI is InChI=1S/C13H16FN3O2.ClH/c14-11-5-3-9(4-6-11)12(18)17(15)13(19)10-2-1-7-16-8-10;/h3-6,10,16H,1-2,7-8,15H2;1H. The second-order valence-electron chi connectivity index (χ2n) is 4.56. The number of nitrogens with one attached hydrogen (secondary N) is 1. The molecule has 0 spiro atoms. The minimum absolute atomic E-state index is 0. The maximum absolute atomic E-state index is 12.8. The highest BCUT2D eigenvalue weighted by Gasteiger charge is 2.28. The first-order valence-electron chi connectivity index (χ1n) is 6.19. The Kier molecular flexibility index (Phi) is 6.06. The molecule has 5 nitrogen and oxygen atoms in total. The first-order valence-corrected chi connectivity index (χ1v) is 6.19. The van der Waals surface area contributed by atoms with E-state index >= 15 is 0 Å². The zero-order chi connectivity index (χ0) is 13.8. The van der Waals surface area contributed by atoms with Gasteiger partial charge in [-0.15, -0.1) is 12.4 Å². The summed E-state index contributed by atoms with van der Waals surface area (Å²) in [6, 6.07) is 4.94. The van der Waals surface area contributed by atoms with Crippen molar-refractivity contribution in [3.8, 4) is 0 Å². The predicted octanol–water partition coefficient (Wildman–Crippen LogP) is 1.09. The fraction of sp³-hybridized carbons (Fsp3) is 0.385. The van der Waals surface area contributed by atoms with Gasteiger partial charge in [0.15, 0.2) is 0 Å². The van der Waals surface area contributed by atoms with Crippen LogP contribution in [0.3, 0.4) is 0 Å². The number of nitrogens with two attached hydrogens (primary N) is 1. The first-order chi connectivity index (χ1) is 9.09. The number of carbonyl (C=O) groups is 2. The number of amides is 2. The summed E-state index contributed by atoms with van der Waals surface area (Å²) >= 11 is 0. The number of halogens is 2. The number of hydrogen-bond donors (Lipinski definition) is 2. The average molecular weight is 302 g/mol. The highest BCUT2D eigenvalue weighted by Crippen LogP contribution is 2.14. The first kappa shape index (κ1) is 16.6. The molecule has 3 N–H and O–H groups in total. The van der Waals surface area contributed by atoms with Crippen molar-refractivity contribution in [3.05, 3.63) is 35.6 Å². The Morgan fingerprint density at radius 1 is 1.30 bits per heavy atom. The van der Waals surface area contributed by atoms with Gasteiger partial charge < -0.3 is 5.32 Å². The molecule has 2 amide bonds. The van der Waals surface area contributed by atoms with Crippen LogP contribution in [0.15, 0.2) is 24.3 Å². The number of benzene rings is 1. The van der Waals surface area contributed by atoms with Gasteiger partial charge in [0.25, 0.3) is 5.91 Å². The van der Waals surface area contributed by atoms with E-state index in [1.807, 2.05) is 0 Å². The summed E-state index contributed by atoms with van der Waals surface area (Å²) in [4.78, 5) is 24.0. The van der Waals surface area contributed by atoms with E-state index in [0.717, 1.165) is 31.5 Å². The van der Waals surface area contributed by atoms with Crippen LogP contribution in [0, 0.1) is 11.7 Å². The molecule has 1 saturated heterocycles. The van der Waals surface area contributed by atoms with Gasteiger partial charge in [-0.05, 0) is 43.7 Å². The predicted molar refractivity (Wildman–Crippen MR) is 74.6 cm³/mol. The molecule has 1 aliphatic heterocycles. The Labute approximate surface area is 122 Å². The minimum Gasteiger partial charge on any atom is -0.316 e. The van der Waals surface area contributed by atoms with Crippen molar-refractivity contribution >= 4 is 24.2 Å². The van der Waals surface area contributed by atoms with Gasteiger partial charge >= 0.3 is 0 Å². The highest BCUT2D eigenvalue weighted by molar-refractivity contribution is 6.04. The maximum Gasteiger partial charge on any atom is 0.274 e. The van der Waals surface area contributed by atoms with Crippen molar-refractivity contribution in [2.75, 3.05) is 13.1 Å². The van der Waals surface area contributed by atoms with Crippen LogP contribution >= 0.6 is 12.4 Å². The Morgan fingerprint density at radius 2 is 1.95 bits per heavy atom. The van der Waals surface area contributed by atoms with Crippen molar-refractivity contribution in [2.24, 2.45) is 11.8 Å². The Balaban J connectivity index is 0.00000200. The molecule has 1 atom stereocenters. The SMILES string of the molecule is Cl.NN(C(=O)c1ccc(F)cc1)C(=O)C1CCCNC1. The summed E-state index contributed by atoms with van der Waals surface area (Å²) < 4.78 is 12.8. The molecule has 2 rings (SSSR count). The van der Waals surface area contributed by atoms with Crippen molar-refractivity contribution in [1.29, 1.82) is 0 Å². The molecular weight excluding hydrogens is 285 g/mol. The molecule has 110 valence electrons. The third kappa shape index (κ3) is 3.75. The van der Waals surface area contributed by atoms with Crippen LogP contribution in [0.1, 0.15) is 23.2 Å². The highest BCUT2D eigenvalue weighted by atomic mass is 35.5. The van der Waals surface area contributed by atoms with Gasteiger partial charge in [0, 0.05) is 12.1 Å². The molecule has 1 aliphatic rings. The van der Waals surface area contributed by atoms with Gasteiger partial charge in [-0.3, -0.25) is 9.59 Å². The van der Waals surface area contributed by atoms with E-state index in [4.69, 9.17) is 5.84 Å². The molecule has 0 bridgehead atoms. The lowest BCUT2D eigenvalue weighted by Gasteiger charge is -2.25. The molecule has 0 aliphatic carbocycles. The topological polar surface area (TPSA) is 75.4 Å². The van der Waals surface area contributed by atoms with E-state index in [1.54, 1.807) is 0 Å². The van der Waals surface area contributed by atoms with Crippen molar-refractivity contribution in [2.45, 2.75) is 12.8 Å². The number of piperidine rings is 1. The Morgan fingerprint density at radius 3 is 2.50 bits per heavy atom. The Bertz CT molecular complexity index is 475. The summed E-state index contributed by atoms with van der Waals surface area (Å²) in [5, 5.41) is 3.72. The van der Waals surface area contributed by atoms with Crippen LogP contribution in [0.5, 0.6) is 0 Å². The van der Waals surface area contributed by atoms with Crippen LogP contribution in [-0.2, 0) is 4.79 Å². The number of hydrazine groups is 1. The largest absolute Gasteiger partial charge is 0.316 e. The van der Waals surface area contributed by atoms with Crippen LogP contribution in [-0.4, -0.2) is 29.9 Å². The molecule has 0 aromatic heterocycles. The number of rotatable bonds is 2. The quantitative estimate of drug-likeness (QED) is 0.371. The van der Waals surface area contributed by atoms with E-state index in [9.17, 15) is 14.0 Å². The summed E-state index contributed by atoms with van der Waals surface area (Å²) in [5.41, 5.74) is 0.195. The molecule has 1 aromatic carbocycles. The monoisotopic (exact) mass is 301 g/mol. The van der Waals surface area contributed by atoms with Gasteiger partial charge in [0.05, 0.1) is 5.92 Å². The van der Waals surface area contributed by atoms with Gasteiger partial charge in [-0.2, -0.15) is 0 Å². The Hall–Kier alpha value is -1.50. The summed E-state index contributed by atoms with van der Waals surface area (Å²) in [7, 11) is 0. The second kappa shape index (κ2) is 7.33. The molecule has 1 heterocycles. The van der Waals surface area contributed by atoms with Crippen LogP contribution in [0.4, 0.5) is 4.39 Å².